The molecule has 0 atom stereocenters. The predicted octanol–water partition coefficient (Wildman–Crippen LogP) is 8.23. The molecule has 0 unspecified atom stereocenters. The molecule has 0 fully saturated rings. The van der Waals surface area contributed by atoms with Crippen LogP contribution in [-0.2, 0) is 5.41 Å². The van der Waals surface area contributed by atoms with E-state index in [4.69, 9.17) is 11.6 Å². The Morgan fingerprint density at radius 2 is 1.14 bits per heavy atom. The van der Waals surface area contributed by atoms with Crippen molar-refractivity contribution < 1.29 is 0 Å². The number of rotatable bonds is 2. The molecule has 0 spiro atoms. The predicted molar refractivity (Wildman–Crippen MR) is 124 cm³/mol. The molecule has 0 saturated carbocycles. The first-order valence-corrected chi connectivity index (χ1v) is 11.0. The lowest BCUT2D eigenvalue weighted by atomic mass is 9.68. The van der Waals surface area contributed by atoms with Gasteiger partial charge in [-0.05, 0) is 69.8 Å². The van der Waals surface area contributed by atoms with Crippen molar-refractivity contribution in [3.8, 4) is 11.1 Å². The van der Waals surface area contributed by atoms with Crippen LogP contribution in [0.5, 0.6) is 0 Å². The van der Waals surface area contributed by atoms with Crippen LogP contribution < -0.4 is 0 Å². The van der Waals surface area contributed by atoms with Gasteiger partial charge in [-0.25, -0.2) is 0 Å². The molecule has 28 heavy (non-hydrogen) atoms. The number of hydrogen-bond donors (Lipinski definition) is 0. The zero-order chi connectivity index (χ0) is 19.3. The standard InChI is InChI=1S/C25H15Br2Cl/c26-18-9-11-21-22-12-10-19(27)15-24(22)25(23(21)14-18,16-5-2-1-3-6-16)17-7-4-8-20(28)13-17/h1-15H. The van der Waals surface area contributed by atoms with Crippen LogP contribution >= 0.6 is 43.5 Å². The van der Waals surface area contributed by atoms with Gasteiger partial charge in [-0.3, -0.25) is 0 Å². The second-order valence-electron chi connectivity index (χ2n) is 7.01. The fourth-order valence-corrected chi connectivity index (χ4v) is 5.38. The molecule has 5 rings (SSSR count). The maximum atomic E-state index is 6.47. The molecule has 0 amide bonds. The normalized spacial score (nSPS) is 13.8. The highest BCUT2D eigenvalue weighted by atomic mass is 79.9. The van der Waals surface area contributed by atoms with Crippen LogP contribution in [0, 0.1) is 0 Å². The summed E-state index contributed by atoms with van der Waals surface area (Å²) in [5.41, 5.74) is 7.02. The van der Waals surface area contributed by atoms with E-state index in [0.29, 0.717) is 0 Å². The highest BCUT2D eigenvalue weighted by Crippen LogP contribution is 2.57. The van der Waals surface area contributed by atoms with Crippen molar-refractivity contribution >= 4 is 43.5 Å². The molecule has 3 heteroatoms. The summed E-state index contributed by atoms with van der Waals surface area (Å²) in [5, 5.41) is 0.743. The highest BCUT2D eigenvalue weighted by molar-refractivity contribution is 9.10. The van der Waals surface area contributed by atoms with E-state index >= 15 is 0 Å². The molecule has 0 aliphatic heterocycles. The quantitative estimate of drug-likeness (QED) is 0.224. The molecule has 4 aromatic rings. The number of hydrogen-bond acceptors (Lipinski definition) is 0. The van der Waals surface area contributed by atoms with Crippen molar-refractivity contribution in [2.75, 3.05) is 0 Å². The third kappa shape index (κ3) is 2.62. The monoisotopic (exact) mass is 508 g/mol. The fraction of sp³-hybridized carbons (Fsp3) is 0.0400. The van der Waals surface area contributed by atoms with Crippen LogP contribution in [-0.4, -0.2) is 0 Å². The Bertz CT molecular complexity index is 1150. The zero-order valence-electron chi connectivity index (χ0n) is 14.8. The molecule has 0 radical (unpaired) electrons. The Balaban J connectivity index is 2.00. The minimum absolute atomic E-state index is 0.426. The summed E-state index contributed by atoms with van der Waals surface area (Å²) < 4.78 is 2.14. The summed E-state index contributed by atoms with van der Waals surface area (Å²) in [4.78, 5) is 0. The summed E-state index contributed by atoms with van der Waals surface area (Å²) in [7, 11) is 0. The van der Waals surface area contributed by atoms with Gasteiger partial charge >= 0.3 is 0 Å². The Hall–Kier alpha value is -1.87. The highest BCUT2D eigenvalue weighted by Gasteiger charge is 2.46. The van der Waals surface area contributed by atoms with Crippen LogP contribution in [0.25, 0.3) is 11.1 Å². The van der Waals surface area contributed by atoms with E-state index in [0.717, 1.165) is 14.0 Å². The molecular formula is C25H15Br2Cl. The molecule has 0 nitrogen and oxygen atoms in total. The van der Waals surface area contributed by atoms with Crippen LogP contribution in [0.3, 0.4) is 0 Å². The first kappa shape index (κ1) is 18.2. The van der Waals surface area contributed by atoms with Crippen molar-refractivity contribution in [3.63, 3.8) is 0 Å². The Kier molecular flexibility index (Phi) is 4.46. The van der Waals surface area contributed by atoms with Crippen molar-refractivity contribution in [2.45, 2.75) is 5.41 Å². The van der Waals surface area contributed by atoms with Gasteiger partial charge in [0, 0.05) is 14.0 Å². The third-order valence-electron chi connectivity index (χ3n) is 5.53. The Labute approximate surface area is 186 Å². The van der Waals surface area contributed by atoms with Gasteiger partial charge in [-0.15, -0.1) is 0 Å². The minimum atomic E-state index is -0.426. The molecule has 136 valence electrons. The summed E-state index contributed by atoms with van der Waals surface area (Å²) in [5.74, 6) is 0. The molecule has 0 heterocycles. The first-order chi connectivity index (χ1) is 13.6. The van der Waals surface area contributed by atoms with Crippen molar-refractivity contribution in [3.05, 3.63) is 127 Å². The Morgan fingerprint density at radius 3 is 1.71 bits per heavy atom. The fourth-order valence-electron chi connectivity index (χ4n) is 4.47. The molecule has 0 saturated heterocycles. The summed E-state index contributed by atoms with van der Waals surface area (Å²) in [6, 6.07) is 32.1. The first-order valence-electron chi connectivity index (χ1n) is 9.03. The Morgan fingerprint density at radius 1 is 0.571 bits per heavy atom. The second kappa shape index (κ2) is 6.88. The molecule has 0 aromatic heterocycles. The number of halogens is 3. The van der Waals surface area contributed by atoms with E-state index in [1.165, 1.54) is 33.4 Å². The summed E-state index contributed by atoms with van der Waals surface area (Å²) in [6.07, 6.45) is 0. The topological polar surface area (TPSA) is 0 Å². The van der Waals surface area contributed by atoms with Gasteiger partial charge in [0.2, 0.25) is 0 Å². The van der Waals surface area contributed by atoms with Gasteiger partial charge in [0.15, 0.2) is 0 Å². The average molecular weight is 511 g/mol. The molecule has 0 bridgehead atoms. The lowest BCUT2D eigenvalue weighted by Gasteiger charge is -2.34. The molecule has 0 N–H and O–H groups in total. The van der Waals surface area contributed by atoms with Crippen molar-refractivity contribution in [1.82, 2.24) is 0 Å². The van der Waals surface area contributed by atoms with E-state index in [1.807, 2.05) is 12.1 Å². The minimum Gasteiger partial charge on any atom is -0.0843 e. The largest absolute Gasteiger partial charge is 0.0843 e. The van der Waals surface area contributed by atoms with Gasteiger partial charge in [-0.1, -0.05) is 98.1 Å². The van der Waals surface area contributed by atoms with E-state index in [9.17, 15) is 0 Å². The van der Waals surface area contributed by atoms with Gasteiger partial charge in [-0.2, -0.15) is 0 Å². The molecule has 4 aromatic carbocycles. The summed E-state index contributed by atoms with van der Waals surface area (Å²) in [6.45, 7) is 0. The van der Waals surface area contributed by atoms with Gasteiger partial charge in [0.25, 0.3) is 0 Å². The van der Waals surface area contributed by atoms with Crippen LogP contribution in [0.4, 0.5) is 0 Å². The van der Waals surface area contributed by atoms with Crippen molar-refractivity contribution in [2.24, 2.45) is 0 Å². The van der Waals surface area contributed by atoms with Gasteiger partial charge in [0.05, 0.1) is 5.41 Å². The van der Waals surface area contributed by atoms with E-state index in [1.54, 1.807) is 0 Å². The lowest BCUT2D eigenvalue weighted by molar-refractivity contribution is 0.767. The van der Waals surface area contributed by atoms with Gasteiger partial charge in [0.1, 0.15) is 0 Å². The average Bonchev–Trinajstić information content (AvgIpc) is 2.98. The molecule has 1 aliphatic rings. The van der Waals surface area contributed by atoms with E-state index in [2.05, 4.69) is 111 Å². The number of benzene rings is 4. The number of fused-ring (bicyclic) bond motifs is 3. The zero-order valence-corrected chi connectivity index (χ0v) is 18.7. The maximum absolute atomic E-state index is 6.47. The van der Waals surface area contributed by atoms with Gasteiger partial charge < -0.3 is 0 Å². The van der Waals surface area contributed by atoms with Crippen LogP contribution in [0.15, 0.2) is 99.9 Å². The third-order valence-corrected chi connectivity index (χ3v) is 6.75. The van der Waals surface area contributed by atoms with Crippen LogP contribution in [0.1, 0.15) is 22.3 Å². The summed E-state index contributed by atoms with van der Waals surface area (Å²) >= 11 is 13.9. The second-order valence-corrected chi connectivity index (χ2v) is 9.27. The maximum Gasteiger partial charge on any atom is 0.0714 e. The molecular weight excluding hydrogens is 496 g/mol. The SMILES string of the molecule is Clc1cccc(C2(c3ccccc3)c3cc(Br)ccc3-c3ccc(Br)cc32)c1. The van der Waals surface area contributed by atoms with E-state index in [-0.39, 0.29) is 0 Å². The van der Waals surface area contributed by atoms with Crippen molar-refractivity contribution in [1.29, 1.82) is 0 Å². The molecule has 1 aliphatic carbocycles. The smallest absolute Gasteiger partial charge is 0.0714 e. The van der Waals surface area contributed by atoms with E-state index < -0.39 is 5.41 Å². The lowest BCUT2D eigenvalue weighted by Crippen LogP contribution is -2.28. The van der Waals surface area contributed by atoms with Crippen LogP contribution in [0.2, 0.25) is 5.02 Å².